The van der Waals surface area contributed by atoms with Crippen LogP contribution in [0.4, 0.5) is 5.69 Å². The van der Waals surface area contributed by atoms with Gasteiger partial charge in [-0.05, 0) is 31.2 Å². The van der Waals surface area contributed by atoms with Crippen LogP contribution in [0.15, 0.2) is 36.7 Å². The molecule has 1 aromatic heterocycles. The second-order valence-corrected chi connectivity index (χ2v) is 4.03. The number of carbonyl (C=O) groups excluding carboxylic acids is 1. The third-order valence-electron chi connectivity index (χ3n) is 2.63. The van der Waals surface area contributed by atoms with Crippen LogP contribution >= 0.6 is 0 Å². The summed E-state index contributed by atoms with van der Waals surface area (Å²) in [6, 6.07) is 7.41. The third kappa shape index (κ3) is 3.80. The highest BCUT2D eigenvalue weighted by atomic mass is 16.1. The maximum Gasteiger partial charge on any atom is 0.251 e. The second-order valence-electron chi connectivity index (χ2n) is 4.03. The number of anilines is 1. The predicted octanol–water partition coefficient (Wildman–Crippen LogP) is 1.14. The zero-order valence-corrected chi connectivity index (χ0v) is 10.8. The van der Waals surface area contributed by atoms with E-state index in [0.29, 0.717) is 18.7 Å². The van der Waals surface area contributed by atoms with Crippen LogP contribution in [-0.4, -0.2) is 34.0 Å². The Balaban J connectivity index is 1.82. The molecule has 0 radical (unpaired) electrons. The number of nitrogens with one attached hydrogen (secondary N) is 2. The van der Waals surface area contributed by atoms with E-state index in [2.05, 4.69) is 20.9 Å². The Labute approximate surface area is 111 Å². The monoisotopic (exact) mass is 259 g/mol. The fourth-order valence-corrected chi connectivity index (χ4v) is 1.68. The molecule has 0 spiro atoms. The molecule has 1 heterocycles. The van der Waals surface area contributed by atoms with E-state index >= 15 is 0 Å². The summed E-state index contributed by atoms with van der Waals surface area (Å²) in [7, 11) is 0. The van der Waals surface area contributed by atoms with Crippen LogP contribution in [0.1, 0.15) is 17.3 Å². The molecule has 19 heavy (non-hydrogen) atoms. The molecule has 1 amide bonds. The summed E-state index contributed by atoms with van der Waals surface area (Å²) < 4.78 is 1.68. The molecule has 0 saturated heterocycles. The molecule has 0 atom stereocenters. The number of nitrogens with zero attached hydrogens (tertiary/aromatic N) is 3. The first-order valence-electron chi connectivity index (χ1n) is 6.26. The van der Waals surface area contributed by atoms with Gasteiger partial charge in [0.25, 0.3) is 5.91 Å². The van der Waals surface area contributed by atoms with Gasteiger partial charge in [0.1, 0.15) is 0 Å². The fourth-order valence-electron chi connectivity index (χ4n) is 1.68. The normalized spacial score (nSPS) is 10.2. The van der Waals surface area contributed by atoms with Crippen molar-refractivity contribution in [1.82, 2.24) is 20.3 Å². The average molecular weight is 259 g/mol. The van der Waals surface area contributed by atoms with Crippen LogP contribution < -0.4 is 10.6 Å². The van der Waals surface area contributed by atoms with E-state index in [4.69, 9.17) is 0 Å². The molecule has 6 nitrogen and oxygen atoms in total. The van der Waals surface area contributed by atoms with E-state index in [1.54, 1.807) is 17.1 Å². The van der Waals surface area contributed by atoms with E-state index in [1.165, 1.54) is 0 Å². The highest BCUT2D eigenvalue weighted by molar-refractivity contribution is 5.94. The summed E-state index contributed by atoms with van der Waals surface area (Å²) in [5, 5.41) is 13.5. The third-order valence-corrected chi connectivity index (χ3v) is 2.63. The number of carbonyl (C=O) groups is 1. The molecule has 0 saturated carbocycles. The van der Waals surface area contributed by atoms with Crippen molar-refractivity contribution in [3.8, 4) is 0 Å². The molecule has 100 valence electrons. The Morgan fingerprint density at radius 2 is 2.11 bits per heavy atom. The summed E-state index contributed by atoms with van der Waals surface area (Å²) in [5.74, 6) is -0.0804. The molecule has 0 bridgehead atoms. The maximum atomic E-state index is 11.9. The van der Waals surface area contributed by atoms with Gasteiger partial charge in [-0.1, -0.05) is 5.21 Å². The molecule has 6 heteroatoms. The molecular formula is C13H17N5O. The van der Waals surface area contributed by atoms with Gasteiger partial charge in [0.2, 0.25) is 0 Å². The van der Waals surface area contributed by atoms with Crippen LogP contribution in [-0.2, 0) is 6.54 Å². The van der Waals surface area contributed by atoms with Crippen molar-refractivity contribution < 1.29 is 4.79 Å². The second kappa shape index (κ2) is 6.53. The topological polar surface area (TPSA) is 71.8 Å². The van der Waals surface area contributed by atoms with Crippen molar-refractivity contribution in [2.45, 2.75) is 13.5 Å². The predicted molar refractivity (Wildman–Crippen MR) is 73.0 cm³/mol. The van der Waals surface area contributed by atoms with Gasteiger partial charge >= 0.3 is 0 Å². The van der Waals surface area contributed by atoms with Gasteiger partial charge < -0.3 is 10.6 Å². The molecule has 1 aromatic carbocycles. The minimum atomic E-state index is -0.0804. The molecule has 2 N–H and O–H groups in total. The highest BCUT2D eigenvalue weighted by Crippen LogP contribution is 2.08. The van der Waals surface area contributed by atoms with E-state index < -0.39 is 0 Å². The highest BCUT2D eigenvalue weighted by Gasteiger charge is 2.04. The average Bonchev–Trinajstić information content (AvgIpc) is 2.93. The molecule has 2 aromatic rings. The first kappa shape index (κ1) is 13.1. The van der Waals surface area contributed by atoms with Crippen LogP contribution in [0.2, 0.25) is 0 Å². The zero-order chi connectivity index (χ0) is 13.5. The summed E-state index contributed by atoms with van der Waals surface area (Å²) in [6.45, 7) is 4.03. The van der Waals surface area contributed by atoms with Gasteiger partial charge in [0, 0.05) is 30.5 Å². The van der Waals surface area contributed by atoms with Crippen molar-refractivity contribution in [2.75, 3.05) is 18.4 Å². The number of amides is 1. The smallest absolute Gasteiger partial charge is 0.251 e. The first-order chi connectivity index (χ1) is 9.29. The molecule has 0 aliphatic rings. The Kier molecular flexibility index (Phi) is 4.49. The fraction of sp³-hybridized carbons (Fsp3) is 0.308. The standard InChI is InChI=1S/C13H17N5O/c1-2-14-12-5-3-11(4-6-12)13(19)15-7-9-18-10-8-16-17-18/h3-6,8,10,14H,2,7,9H2,1H3,(H,15,19). The van der Waals surface area contributed by atoms with Gasteiger partial charge in [-0.3, -0.25) is 9.48 Å². The minimum absolute atomic E-state index is 0.0804. The molecule has 2 rings (SSSR count). The van der Waals surface area contributed by atoms with Gasteiger partial charge in [-0.15, -0.1) is 5.10 Å². The SMILES string of the molecule is CCNc1ccc(C(=O)NCCn2ccnn2)cc1. The Morgan fingerprint density at radius 1 is 1.32 bits per heavy atom. The van der Waals surface area contributed by atoms with Crippen LogP contribution in [0.25, 0.3) is 0 Å². The summed E-state index contributed by atoms with van der Waals surface area (Å²) in [4.78, 5) is 11.9. The lowest BCUT2D eigenvalue weighted by molar-refractivity contribution is 0.0952. The number of aromatic nitrogens is 3. The van der Waals surface area contributed by atoms with Crippen molar-refractivity contribution in [1.29, 1.82) is 0 Å². The summed E-state index contributed by atoms with van der Waals surface area (Å²) >= 11 is 0. The number of hydrogen-bond donors (Lipinski definition) is 2. The lowest BCUT2D eigenvalue weighted by atomic mass is 10.2. The van der Waals surface area contributed by atoms with E-state index in [9.17, 15) is 4.79 Å². The molecule has 0 aliphatic carbocycles. The molecule has 0 aliphatic heterocycles. The van der Waals surface area contributed by atoms with Gasteiger partial charge in [-0.25, -0.2) is 0 Å². The Morgan fingerprint density at radius 3 is 2.74 bits per heavy atom. The maximum absolute atomic E-state index is 11.9. The van der Waals surface area contributed by atoms with Crippen LogP contribution in [0.3, 0.4) is 0 Å². The zero-order valence-electron chi connectivity index (χ0n) is 10.8. The van der Waals surface area contributed by atoms with Gasteiger partial charge in [0.15, 0.2) is 0 Å². The number of hydrogen-bond acceptors (Lipinski definition) is 4. The quantitative estimate of drug-likeness (QED) is 0.816. The summed E-state index contributed by atoms with van der Waals surface area (Å²) in [6.07, 6.45) is 3.37. The Hall–Kier alpha value is -2.37. The largest absolute Gasteiger partial charge is 0.385 e. The summed E-state index contributed by atoms with van der Waals surface area (Å²) in [5.41, 5.74) is 1.67. The number of rotatable bonds is 6. The molecular weight excluding hydrogens is 242 g/mol. The van der Waals surface area contributed by atoms with Crippen LogP contribution in [0.5, 0.6) is 0 Å². The lowest BCUT2D eigenvalue weighted by Crippen LogP contribution is -2.27. The minimum Gasteiger partial charge on any atom is -0.385 e. The van der Waals surface area contributed by atoms with Crippen LogP contribution in [0, 0.1) is 0 Å². The van der Waals surface area contributed by atoms with E-state index in [1.807, 2.05) is 31.2 Å². The van der Waals surface area contributed by atoms with Gasteiger partial charge in [-0.2, -0.15) is 0 Å². The first-order valence-corrected chi connectivity index (χ1v) is 6.26. The lowest BCUT2D eigenvalue weighted by Gasteiger charge is -2.07. The van der Waals surface area contributed by atoms with E-state index in [-0.39, 0.29) is 5.91 Å². The van der Waals surface area contributed by atoms with Crippen molar-refractivity contribution >= 4 is 11.6 Å². The van der Waals surface area contributed by atoms with Crippen molar-refractivity contribution in [2.24, 2.45) is 0 Å². The van der Waals surface area contributed by atoms with Crippen molar-refractivity contribution in [3.63, 3.8) is 0 Å². The van der Waals surface area contributed by atoms with Gasteiger partial charge in [0.05, 0.1) is 12.7 Å². The Bertz CT molecular complexity index is 506. The van der Waals surface area contributed by atoms with Crippen molar-refractivity contribution in [3.05, 3.63) is 42.2 Å². The molecule has 0 unspecified atom stereocenters. The number of benzene rings is 1. The molecule has 0 fully saturated rings. The van der Waals surface area contributed by atoms with E-state index in [0.717, 1.165) is 12.2 Å².